The minimum absolute atomic E-state index is 0.0223. The first-order valence-electron chi connectivity index (χ1n) is 5.04. The van der Waals surface area contributed by atoms with Crippen LogP contribution in [0, 0.1) is 0 Å². The van der Waals surface area contributed by atoms with Gasteiger partial charge in [0.2, 0.25) is 0 Å². The molecule has 0 amide bonds. The highest BCUT2D eigenvalue weighted by molar-refractivity contribution is 5.73. The number of carboxylic acid groups (broad SMARTS) is 1. The van der Waals surface area contributed by atoms with Gasteiger partial charge in [-0.05, 0) is 31.0 Å². The van der Waals surface area contributed by atoms with Crippen molar-refractivity contribution in [3.05, 3.63) is 30.1 Å². The van der Waals surface area contributed by atoms with Gasteiger partial charge in [0.1, 0.15) is 6.04 Å². The van der Waals surface area contributed by atoms with Crippen LogP contribution in [0.3, 0.4) is 0 Å². The Bertz CT molecular complexity index is 314. The van der Waals surface area contributed by atoms with E-state index in [1.165, 1.54) is 0 Å². The number of nitrogens with zero attached hydrogens (tertiary/aromatic N) is 1. The Balaban J connectivity index is 2.62. The molecule has 0 aromatic carbocycles. The van der Waals surface area contributed by atoms with E-state index in [4.69, 9.17) is 5.11 Å². The molecule has 0 aliphatic rings. The van der Waals surface area contributed by atoms with Gasteiger partial charge in [0.15, 0.2) is 0 Å². The number of aromatic nitrogens is 1. The lowest BCUT2D eigenvalue weighted by Crippen LogP contribution is -2.37. The van der Waals surface area contributed by atoms with E-state index >= 15 is 0 Å². The number of carbonyl (C=O) groups is 1. The van der Waals surface area contributed by atoms with Crippen LogP contribution in [0.1, 0.15) is 31.9 Å². The van der Waals surface area contributed by atoms with Crippen LogP contribution in [-0.2, 0) is 4.79 Å². The van der Waals surface area contributed by atoms with Crippen LogP contribution in [0.25, 0.3) is 0 Å². The molecule has 2 atom stereocenters. The van der Waals surface area contributed by atoms with E-state index in [2.05, 4.69) is 10.3 Å². The molecule has 1 heterocycles. The van der Waals surface area contributed by atoms with Crippen LogP contribution < -0.4 is 5.32 Å². The number of rotatable bonds is 5. The van der Waals surface area contributed by atoms with E-state index in [0.29, 0.717) is 6.42 Å². The van der Waals surface area contributed by atoms with Crippen molar-refractivity contribution in [2.45, 2.75) is 32.4 Å². The molecule has 1 aromatic rings. The summed E-state index contributed by atoms with van der Waals surface area (Å²) in [6.45, 7) is 3.80. The molecule has 0 saturated carbocycles. The molecule has 0 saturated heterocycles. The molecule has 0 fully saturated rings. The molecule has 82 valence electrons. The first-order valence-corrected chi connectivity index (χ1v) is 5.04. The van der Waals surface area contributed by atoms with Gasteiger partial charge in [-0.1, -0.05) is 6.92 Å². The maximum Gasteiger partial charge on any atom is 0.320 e. The molecular weight excluding hydrogens is 192 g/mol. The highest BCUT2D eigenvalue weighted by atomic mass is 16.4. The van der Waals surface area contributed by atoms with Gasteiger partial charge >= 0.3 is 5.97 Å². The highest BCUT2D eigenvalue weighted by Crippen LogP contribution is 2.11. The predicted molar refractivity (Wildman–Crippen MR) is 57.5 cm³/mol. The second-order valence-electron chi connectivity index (χ2n) is 3.47. The Kier molecular flexibility index (Phi) is 4.24. The summed E-state index contributed by atoms with van der Waals surface area (Å²) in [7, 11) is 0. The minimum Gasteiger partial charge on any atom is -0.480 e. The van der Waals surface area contributed by atoms with Gasteiger partial charge in [0, 0.05) is 18.4 Å². The fourth-order valence-electron chi connectivity index (χ4n) is 1.41. The zero-order valence-electron chi connectivity index (χ0n) is 8.97. The van der Waals surface area contributed by atoms with Crippen molar-refractivity contribution in [2.75, 3.05) is 0 Å². The molecule has 15 heavy (non-hydrogen) atoms. The highest BCUT2D eigenvalue weighted by Gasteiger charge is 2.17. The lowest BCUT2D eigenvalue weighted by atomic mass is 10.1. The van der Waals surface area contributed by atoms with Crippen molar-refractivity contribution in [1.82, 2.24) is 10.3 Å². The third-order valence-corrected chi connectivity index (χ3v) is 2.36. The molecule has 2 N–H and O–H groups in total. The second-order valence-corrected chi connectivity index (χ2v) is 3.47. The van der Waals surface area contributed by atoms with E-state index in [9.17, 15) is 4.79 Å². The van der Waals surface area contributed by atoms with Crippen LogP contribution >= 0.6 is 0 Å². The lowest BCUT2D eigenvalue weighted by Gasteiger charge is -2.19. The van der Waals surface area contributed by atoms with Gasteiger partial charge in [0.25, 0.3) is 0 Å². The Morgan fingerprint density at radius 2 is 2.13 bits per heavy atom. The third-order valence-electron chi connectivity index (χ3n) is 2.36. The van der Waals surface area contributed by atoms with Crippen molar-refractivity contribution in [2.24, 2.45) is 0 Å². The predicted octanol–water partition coefficient (Wildman–Crippen LogP) is 1.60. The van der Waals surface area contributed by atoms with Crippen molar-refractivity contribution >= 4 is 5.97 Å². The van der Waals surface area contributed by atoms with Gasteiger partial charge in [-0.25, -0.2) is 0 Å². The van der Waals surface area contributed by atoms with Gasteiger partial charge < -0.3 is 5.11 Å². The summed E-state index contributed by atoms with van der Waals surface area (Å²) in [6.07, 6.45) is 3.98. The summed E-state index contributed by atoms with van der Waals surface area (Å²) in [6, 6.07) is 3.29. The fourth-order valence-corrected chi connectivity index (χ4v) is 1.41. The number of hydrogen-bond donors (Lipinski definition) is 2. The van der Waals surface area contributed by atoms with E-state index in [0.717, 1.165) is 5.56 Å². The molecule has 4 heteroatoms. The molecule has 0 aliphatic carbocycles. The Labute approximate surface area is 89.3 Å². The molecule has 0 aliphatic heterocycles. The standard InChI is InChI=1S/C11H16N2O2/c1-3-10(11(14)15)13-8(2)9-4-6-12-7-5-9/h4-8,10,13H,3H2,1-2H3,(H,14,15)/t8-,10?/m0/s1. The maximum absolute atomic E-state index is 10.8. The normalized spacial score (nSPS) is 14.5. The van der Waals surface area contributed by atoms with E-state index < -0.39 is 12.0 Å². The summed E-state index contributed by atoms with van der Waals surface area (Å²) >= 11 is 0. The maximum atomic E-state index is 10.8. The van der Waals surface area contributed by atoms with Crippen LogP contribution in [0.2, 0.25) is 0 Å². The molecule has 4 nitrogen and oxygen atoms in total. The van der Waals surface area contributed by atoms with Crippen molar-refractivity contribution in [3.63, 3.8) is 0 Å². The zero-order valence-corrected chi connectivity index (χ0v) is 8.97. The van der Waals surface area contributed by atoms with Gasteiger partial charge in [0.05, 0.1) is 0 Å². The number of carboxylic acids is 1. The summed E-state index contributed by atoms with van der Waals surface area (Å²) in [5, 5.41) is 11.9. The molecule has 0 radical (unpaired) electrons. The monoisotopic (exact) mass is 208 g/mol. The first-order chi connectivity index (χ1) is 7.15. The Morgan fingerprint density at radius 1 is 1.53 bits per heavy atom. The first kappa shape index (κ1) is 11.7. The summed E-state index contributed by atoms with van der Waals surface area (Å²) in [5.41, 5.74) is 1.05. The van der Waals surface area contributed by atoms with Gasteiger partial charge in [-0.2, -0.15) is 0 Å². The number of hydrogen-bond acceptors (Lipinski definition) is 3. The molecule has 1 aromatic heterocycles. The summed E-state index contributed by atoms with van der Waals surface area (Å²) in [5.74, 6) is -0.807. The minimum atomic E-state index is -0.807. The quantitative estimate of drug-likeness (QED) is 0.771. The average molecular weight is 208 g/mol. The van der Waals surface area contributed by atoms with Crippen LogP contribution in [0.5, 0.6) is 0 Å². The molecule has 1 unspecified atom stereocenters. The molecule has 1 rings (SSSR count). The molecular formula is C11H16N2O2. The SMILES string of the molecule is CCC(N[C@@H](C)c1ccncc1)C(=O)O. The second kappa shape index (κ2) is 5.46. The van der Waals surface area contributed by atoms with E-state index in [1.807, 2.05) is 26.0 Å². The largest absolute Gasteiger partial charge is 0.480 e. The summed E-state index contributed by atoms with van der Waals surface area (Å²) in [4.78, 5) is 14.7. The third kappa shape index (κ3) is 3.32. The van der Waals surface area contributed by atoms with E-state index in [1.54, 1.807) is 12.4 Å². The Morgan fingerprint density at radius 3 is 2.60 bits per heavy atom. The van der Waals surface area contributed by atoms with Crippen LogP contribution in [0.4, 0.5) is 0 Å². The van der Waals surface area contributed by atoms with Gasteiger partial charge in [-0.3, -0.25) is 15.1 Å². The molecule has 0 bridgehead atoms. The van der Waals surface area contributed by atoms with Crippen molar-refractivity contribution < 1.29 is 9.90 Å². The topological polar surface area (TPSA) is 62.2 Å². The van der Waals surface area contributed by atoms with Crippen LogP contribution in [-0.4, -0.2) is 22.1 Å². The molecule has 0 spiro atoms. The lowest BCUT2D eigenvalue weighted by molar-refractivity contribution is -0.139. The number of aliphatic carboxylic acids is 1. The number of pyridine rings is 1. The Hall–Kier alpha value is -1.42. The zero-order chi connectivity index (χ0) is 11.3. The summed E-state index contributed by atoms with van der Waals surface area (Å²) < 4.78 is 0. The van der Waals surface area contributed by atoms with Crippen molar-refractivity contribution in [1.29, 1.82) is 0 Å². The van der Waals surface area contributed by atoms with Crippen molar-refractivity contribution in [3.8, 4) is 0 Å². The van der Waals surface area contributed by atoms with E-state index in [-0.39, 0.29) is 6.04 Å². The smallest absolute Gasteiger partial charge is 0.320 e. The number of nitrogens with one attached hydrogen (secondary N) is 1. The average Bonchev–Trinajstić information content (AvgIpc) is 2.26. The van der Waals surface area contributed by atoms with Crippen LogP contribution in [0.15, 0.2) is 24.5 Å². The fraction of sp³-hybridized carbons (Fsp3) is 0.455. The van der Waals surface area contributed by atoms with Gasteiger partial charge in [-0.15, -0.1) is 0 Å².